The molecular weight excluding hydrogens is 269 g/mol. The molecule has 0 bridgehead atoms. The predicted octanol–water partition coefficient (Wildman–Crippen LogP) is 3.80. The molecule has 0 fully saturated rings. The van der Waals surface area contributed by atoms with E-state index in [1.807, 2.05) is 0 Å². The average molecular weight is 297 g/mol. The number of halogens is 1. The van der Waals surface area contributed by atoms with Gasteiger partial charge in [0.25, 0.3) is 0 Å². The minimum absolute atomic E-state index is 0.223. The first-order valence-corrected chi connectivity index (χ1v) is 7.93. The van der Waals surface area contributed by atoms with E-state index in [0.717, 1.165) is 25.7 Å². The smallest absolute Gasteiger partial charge is 0.170 e. The molecule has 21 heavy (non-hydrogen) atoms. The summed E-state index contributed by atoms with van der Waals surface area (Å²) in [6.45, 7) is 5.13. The first-order valence-electron chi connectivity index (χ1n) is 7.93. The van der Waals surface area contributed by atoms with Gasteiger partial charge in [-0.15, -0.1) is 0 Å². The van der Waals surface area contributed by atoms with Crippen molar-refractivity contribution < 1.29 is 14.2 Å². The summed E-state index contributed by atoms with van der Waals surface area (Å²) in [5.41, 5.74) is 5.67. The average Bonchev–Trinajstić information content (AvgIpc) is 2.46. The zero-order valence-corrected chi connectivity index (χ0v) is 13.1. The molecule has 3 N–H and O–H groups in total. The second-order valence-corrected chi connectivity index (χ2v) is 5.51. The molecule has 4 heteroatoms. The van der Waals surface area contributed by atoms with Gasteiger partial charge in [-0.3, -0.25) is 0 Å². The van der Waals surface area contributed by atoms with E-state index in [1.165, 1.54) is 0 Å². The van der Waals surface area contributed by atoms with Crippen LogP contribution in [0, 0.1) is 11.7 Å². The number of nitrogens with two attached hydrogens (primary N) is 1. The molecule has 0 aliphatic heterocycles. The van der Waals surface area contributed by atoms with Crippen LogP contribution in [0.4, 0.5) is 4.39 Å². The Morgan fingerprint density at radius 3 is 2.43 bits per heavy atom. The molecule has 0 heterocycles. The van der Waals surface area contributed by atoms with E-state index in [2.05, 4.69) is 13.8 Å². The lowest BCUT2D eigenvalue weighted by Gasteiger charge is -2.18. The van der Waals surface area contributed by atoms with Crippen LogP contribution in [-0.2, 0) is 0 Å². The van der Waals surface area contributed by atoms with Crippen molar-refractivity contribution in [3.63, 3.8) is 0 Å². The molecule has 0 aliphatic rings. The molecule has 1 atom stereocenters. The maximum Gasteiger partial charge on any atom is 0.170 e. The zero-order valence-electron chi connectivity index (χ0n) is 13.1. The van der Waals surface area contributed by atoms with E-state index >= 15 is 0 Å². The highest BCUT2D eigenvalue weighted by molar-refractivity contribution is 5.32. The van der Waals surface area contributed by atoms with E-state index < -0.39 is 11.9 Å². The van der Waals surface area contributed by atoms with Gasteiger partial charge in [-0.2, -0.15) is 0 Å². The third-order valence-corrected chi connectivity index (χ3v) is 3.66. The minimum atomic E-state index is -0.874. The van der Waals surface area contributed by atoms with Crippen LogP contribution in [0.5, 0.6) is 5.75 Å². The first-order chi connectivity index (χ1) is 10.1. The van der Waals surface area contributed by atoms with Crippen molar-refractivity contribution in [2.75, 3.05) is 13.2 Å². The number of aliphatic hydroxyl groups is 1. The molecule has 1 aromatic rings. The number of hydrogen-bond acceptors (Lipinski definition) is 3. The fourth-order valence-corrected chi connectivity index (χ4v) is 2.55. The van der Waals surface area contributed by atoms with Gasteiger partial charge in [-0.05, 0) is 37.8 Å². The number of aliphatic hydroxyl groups excluding tert-OH is 1. The van der Waals surface area contributed by atoms with E-state index in [1.54, 1.807) is 18.2 Å². The summed E-state index contributed by atoms with van der Waals surface area (Å²) >= 11 is 0. The van der Waals surface area contributed by atoms with Crippen LogP contribution >= 0.6 is 0 Å². The molecule has 1 rings (SSSR count). The summed E-state index contributed by atoms with van der Waals surface area (Å²) in [6.07, 6.45) is 3.85. The highest BCUT2D eigenvalue weighted by atomic mass is 19.1. The van der Waals surface area contributed by atoms with Crippen molar-refractivity contribution in [1.29, 1.82) is 0 Å². The molecule has 0 saturated carbocycles. The van der Waals surface area contributed by atoms with Crippen molar-refractivity contribution in [2.45, 2.75) is 52.1 Å². The van der Waals surface area contributed by atoms with Crippen molar-refractivity contribution >= 4 is 0 Å². The van der Waals surface area contributed by atoms with E-state index in [0.29, 0.717) is 25.5 Å². The van der Waals surface area contributed by atoms with Gasteiger partial charge in [0.1, 0.15) is 0 Å². The standard InChI is InChI=1S/C17H28FNO2/c1-3-6-13(7-4-2)12-21-16-9-5-8-14(17(16)18)15(20)10-11-19/h5,8-9,13,15,20H,3-4,6-7,10-12,19H2,1-2H3. The first kappa shape index (κ1) is 17.9. The summed E-state index contributed by atoms with van der Waals surface area (Å²) in [4.78, 5) is 0. The number of ether oxygens (including phenoxy) is 1. The molecule has 0 amide bonds. The Hall–Kier alpha value is -1.13. The van der Waals surface area contributed by atoms with Gasteiger partial charge in [0.2, 0.25) is 0 Å². The quantitative estimate of drug-likeness (QED) is 0.690. The minimum Gasteiger partial charge on any atom is -0.490 e. The van der Waals surface area contributed by atoms with Crippen molar-refractivity contribution in [1.82, 2.24) is 0 Å². The molecule has 0 radical (unpaired) electrons. The lowest BCUT2D eigenvalue weighted by molar-refractivity contribution is 0.162. The Kier molecular flexibility index (Phi) is 8.31. The molecule has 120 valence electrons. The molecular formula is C17H28FNO2. The summed E-state index contributed by atoms with van der Waals surface area (Å²) < 4.78 is 20.0. The fourth-order valence-electron chi connectivity index (χ4n) is 2.55. The summed E-state index contributed by atoms with van der Waals surface area (Å²) in [6, 6.07) is 4.91. The Morgan fingerprint density at radius 1 is 1.19 bits per heavy atom. The molecule has 0 saturated heterocycles. The molecule has 1 aromatic carbocycles. The van der Waals surface area contributed by atoms with Crippen molar-refractivity contribution in [2.24, 2.45) is 11.7 Å². The summed E-state index contributed by atoms with van der Waals surface area (Å²) in [5.74, 6) is 0.211. The lowest BCUT2D eigenvalue weighted by Crippen LogP contribution is -2.14. The van der Waals surface area contributed by atoms with Crippen LogP contribution < -0.4 is 10.5 Å². The summed E-state index contributed by atoms with van der Waals surface area (Å²) in [5, 5.41) is 9.90. The van der Waals surface area contributed by atoms with Crippen LogP contribution in [0.3, 0.4) is 0 Å². The Morgan fingerprint density at radius 2 is 1.86 bits per heavy atom. The SMILES string of the molecule is CCCC(CCC)COc1cccc(C(O)CCN)c1F. The number of rotatable bonds is 10. The molecule has 0 spiro atoms. The van der Waals surface area contributed by atoms with Crippen molar-refractivity contribution in [3.05, 3.63) is 29.6 Å². The third-order valence-electron chi connectivity index (χ3n) is 3.66. The van der Waals surface area contributed by atoms with Crippen LogP contribution in [-0.4, -0.2) is 18.3 Å². The Labute approximate surface area is 127 Å². The zero-order chi connectivity index (χ0) is 15.7. The predicted molar refractivity (Wildman–Crippen MR) is 83.8 cm³/mol. The largest absolute Gasteiger partial charge is 0.490 e. The Balaban J connectivity index is 2.72. The summed E-state index contributed by atoms with van der Waals surface area (Å²) in [7, 11) is 0. The van der Waals surface area contributed by atoms with Gasteiger partial charge in [0.15, 0.2) is 11.6 Å². The fraction of sp³-hybridized carbons (Fsp3) is 0.647. The Bertz CT molecular complexity index is 406. The van der Waals surface area contributed by atoms with Crippen LogP contribution in [0.25, 0.3) is 0 Å². The monoisotopic (exact) mass is 297 g/mol. The maximum absolute atomic E-state index is 14.3. The number of benzene rings is 1. The molecule has 0 aliphatic carbocycles. The van der Waals surface area contributed by atoms with Crippen LogP contribution in [0.1, 0.15) is 57.6 Å². The van der Waals surface area contributed by atoms with E-state index in [9.17, 15) is 9.50 Å². The van der Waals surface area contributed by atoms with Gasteiger partial charge < -0.3 is 15.6 Å². The van der Waals surface area contributed by atoms with Crippen LogP contribution in [0.15, 0.2) is 18.2 Å². The molecule has 3 nitrogen and oxygen atoms in total. The highest BCUT2D eigenvalue weighted by Gasteiger charge is 2.17. The van der Waals surface area contributed by atoms with Gasteiger partial charge in [0.05, 0.1) is 12.7 Å². The molecule has 0 aromatic heterocycles. The number of hydrogen-bond donors (Lipinski definition) is 2. The van der Waals surface area contributed by atoms with Gasteiger partial charge in [0, 0.05) is 5.56 Å². The van der Waals surface area contributed by atoms with Gasteiger partial charge in [-0.1, -0.05) is 38.8 Å². The van der Waals surface area contributed by atoms with Crippen LogP contribution in [0.2, 0.25) is 0 Å². The third kappa shape index (κ3) is 5.64. The lowest BCUT2D eigenvalue weighted by atomic mass is 9.99. The van der Waals surface area contributed by atoms with Gasteiger partial charge in [-0.25, -0.2) is 4.39 Å². The van der Waals surface area contributed by atoms with E-state index in [-0.39, 0.29) is 11.3 Å². The molecule has 1 unspecified atom stereocenters. The van der Waals surface area contributed by atoms with Gasteiger partial charge >= 0.3 is 0 Å². The second-order valence-electron chi connectivity index (χ2n) is 5.51. The van der Waals surface area contributed by atoms with Crippen molar-refractivity contribution in [3.8, 4) is 5.75 Å². The second kappa shape index (κ2) is 9.74. The highest BCUT2D eigenvalue weighted by Crippen LogP contribution is 2.27. The maximum atomic E-state index is 14.3. The normalized spacial score (nSPS) is 12.7. The van der Waals surface area contributed by atoms with E-state index in [4.69, 9.17) is 10.5 Å². The topological polar surface area (TPSA) is 55.5 Å².